The number of rotatable bonds is 5. The van der Waals surface area contributed by atoms with Gasteiger partial charge in [0.2, 0.25) is 0 Å². The average molecular weight is 253 g/mol. The van der Waals surface area contributed by atoms with Crippen LogP contribution < -0.4 is 0 Å². The van der Waals surface area contributed by atoms with Crippen molar-refractivity contribution in [3.05, 3.63) is 27.9 Å². The highest BCUT2D eigenvalue weighted by Crippen LogP contribution is 2.26. The van der Waals surface area contributed by atoms with Crippen molar-refractivity contribution in [2.24, 2.45) is 0 Å². The van der Waals surface area contributed by atoms with E-state index in [0.717, 1.165) is 17.1 Å². The summed E-state index contributed by atoms with van der Waals surface area (Å²) in [6.07, 6.45) is 1.63. The Bertz CT molecular complexity index is 462. The molecule has 0 fully saturated rings. The summed E-state index contributed by atoms with van der Waals surface area (Å²) in [5.41, 5.74) is 1.00. The topological polar surface area (TPSA) is 50.2 Å². The largest absolute Gasteiger partial charge is 0.481 e. The predicted octanol–water partition coefficient (Wildman–Crippen LogP) is 3.28. The van der Waals surface area contributed by atoms with Crippen LogP contribution in [0.15, 0.2) is 22.9 Å². The Kier molecular flexibility index (Phi) is 3.69. The Labute approximate surface area is 101 Å². The summed E-state index contributed by atoms with van der Waals surface area (Å²) in [6.45, 7) is 0. The number of aliphatic carboxylic acids is 1. The van der Waals surface area contributed by atoms with Gasteiger partial charge in [-0.25, -0.2) is 4.98 Å². The van der Waals surface area contributed by atoms with Crippen LogP contribution in [0, 0.1) is 0 Å². The van der Waals surface area contributed by atoms with E-state index in [-0.39, 0.29) is 6.42 Å². The lowest BCUT2D eigenvalue weighted by molar-refractivity contribution is -0.137. The average Bonchev–Trinajstić information content (AvgIpc) is 2.85. The summed E-state index contributed by atoms with van der Waals surface area (Å²) >= 11 is 3.27. The molecule has 0 radical (unpaired) electrons. The van der Waals surface area contributed by atoms with Gasteiger partial charge in [-0.1, -0.05) is 6.07 Å². The standard InChI is InChI=1S/C11H11NO2S2/c13-11(14)5-1-4-10-12-8(7-16-10)9-3-2-6-15-9/h2-3,6-7H,1,4-5H2,(H,13,14). The Hall–Kier alpha value is -1.20. The maximum absolute atomic E-state index is 10.4. The second-order valence-corrected chi connectivity index (χ2v) is 5.24. The molecule has 2 aromatic rings. The molecule has 0 saturated heterocycles. The highest BCUT2D eigenvalue weighted by molar-refractivity contribution is 7.14. The fraction of sp³-hybridized carbons (Fsp3) is 0.273. The van der Waals surface area contributed by atoms with E-state index in [2.05, 4.69) is 4.98 Å². The smallest absolute Gasteiger partial charge is 0.303 e. The van der Waals surface area contributed by atoms with Gasteiger partial charge in [0.05, 0.1) is 15.6 Å². The minimum absolute atomic E-state index is 0.216. The van der Waals surface area contributed by atoms with Crippen molar-refractivity contribution >= 4 is 28.6 Å². The third-order valence-electron chi connectivity index (χ3n) is 2.11. The zero-order chi connectivity index (χ0) is 11.4. The molecule has 0 aliphatic heterocycles. The molecule has 16 heavy (non-hydrogen) atoms. The molecular weight excluding hydrogens is 242 g/mol. The molecule has 2 rings (SSSR count). The summed E-state index contributed by atoms with van der Waals surface area (Å²) < 4.78 is 0. The van der Waals surface area contributed by atoms with Gasteiger partial charge in [-0.05, 0) is 24.3 Å². The fourth-order valence-electron chi connectivity index (χ4n) is 1.35. The van der Waals surface area contributed by atoms with Crippen LogP contribution in [0.5, 0.6) is 0 Å². The van der Waals surface area contributed by atoms with Crippen LogP contribution in [0.4, 0.5) is 0 Å². The van der Waals surface area contributed by atoms with E-state index in [4.69, 9.17) is 5.11 Å². The first-order chi connectivity index (χ1) is 7.75. The van der Waals surface area contributed by atoms with Crippen LogP contribution in [0.2, 0.25) is 0 Å². The van der Waals surface area contributed by atoms with Crippen LogP contribution in [-0.2, 0) is 11.2 Å². The van der Waals surface area contributed by atoms with Crippen molar-refractivity contribution in [2.75, 3.05) is 0 Å². The predicted molar refractivity (Wildman–Crippen MR) is 66.0 cm³/mol. The third kappa shape index (κ3) is 2.90. The minimum Gasteiger partial charge on any atom is -0.481 e. The molecule has 0 aliphatic carbocycles. The van der Waals surface area contributed by atoms with Gasteiger partial charge in [0.1, 0.15) is 0 Å². The molecule has 5 heteroatoms. The summed E-state index contributed by atoms with van der Waals surface area (Å²) in [6, 6.07) is 4.05. The molecule has 0 aliphatic rings. The van der Waals surface area contributed by atoms with E-state index in [0.29, 0.717) is 6.42 Å². The van der Waals surface area contributed by atoms with Gasteiger partial charge in [-0.15, -0.1) is 22.7 Å². The maximum Gasteiger partial charge on any atom is 0.303 e. The third-order valence-corrected chi connectivity index (χ3v) is 3.91. The van der Waals surface area contributed by atoms with Crippen LogP contribution in [-0.4, -0.2) is 16.1 Å². The van der Waals surface area contributed by atoms with Crippen LogP contribution >= 0.6 is 22.7 Å². The molecule has 2 aromatic heterocycles. The van der Waals surface area contributed by atoms with Gasteiger partial charge < -0.3 is 5.11 Å². The lowest BCUT2D eigenvalue weighted by Gasteiger charge is -1.93. The lowest BCUT2D eigenvalue weighted by atomic mass is 10.2. The zero-order valence-electron chi connectivity index (χ0n) is 8.55. The van der Waals surface area contributed by atoms with Crippen molar-refractivity contribution in [3.8, 4) is 10.6 Å². The highest BCUT2D eigenvalue weighted by Gasteiger charge is 2.06. The Morgan fingerprint density at radius 1 is 1.44 bits per heavy atom. The van der Waals surface area contributed by atoms with Gasteiger partial charge in [0.15, 0.2) is 0 Å². The number of carbonyl (C=O) groups is 1. The van der Waals surface area contributed by atoms with Crippen LogP contribution in [0.3, 0.4) is 0 Å². The monoisotopic (exact) mass is 253 g/mol. The number of thiophene rings is 1. The SMILES string of the molecule is O=C(O)CCCc1nc(-c2cccs2)cs1. The van der Waals surface area contributed by atoms with E-state index >= 15 is 0 Å². The molecule has 0 aromatic carbocycles. The first-order valence-electron chi connectivity index (χ1n) is 4.96. The van der Waals surface area contributed by atoms with E-state index in [9.17, 15) is 4.79 Å². The van der Waals surface area contributed by atoms with Crippen molar-refractivity contribution in [3.63, 3.8) is 0 Å². The number of nitrogens with zero attached hydrogens (tertiary/aromatic N) is 1. The minimum atomic E-state index is -0.741. The molecule has 1 N–H and O–H groups in total. The second kappa shape index (κ2) is 5.23. The number of carboxylic acid groups (broad SMARTS) is 1. The number of hydrogen-bond donors (Lipinski definition) is 1. The highest BCUT2D eigenvalue weighted by atomic mass is 32.1. The molecule has 0 bridgehead atoms. The van der Waals surface area contributed by atoms with E-state index in [1.807, 2.05) is 22.9 Å². The van der Waals surface area contributed by atoms with Crippen molar-refractivity contribution < 1.29 is 9.90 Å². The number of hydrogen-bond acceptors (Lipinski definition) is 4. The Morgan fingerprint density at radius 2 is 2.31 bits per heavy atom. The lowest BCUT2D eigenvalue weighted by Crippen LogP contribution is -1.95. The van der Waals surface area contributed by atoms with Gasteiger partial charge >= 0.3 is 5.97 Å². The number of carboxylic acids is 1. The van der Waals surface area contributed by atoms with Gasteiger partial charge in [-0.2, -0.15) is 0 Å². The first kappa shape index (κ1) is 11.3. The number of aromatic nitrogens is 1. The molecule has 0 spiro atoms. The normalized spacial score (nSPS) is 10.5. The van der Waals surface area contributed by atoms with Crippen LogP contribution in [0.25, 0.3) is 10.6 Å². The van der Waals surface area contributed by atoms with Gasteiger partial charge in [0.25, 0.3) is 0 Å². The van der Waals surface area contributed by atoms with Gasteiger partial charge in [-0.3, -0.25) is 4.79 Å². The summed E-state index contributed by atoms with van der Waals surface area (Å²) in [4.78, 5) is 16.0. The fourth-order valence-corrected chi connectivity index (χ4v) is 2.96. The van der Waals surface area contributed by atoms with E-state index < -0.39 is 5.97 Å². The van der Waals surface area contributed by atoms with Crippen molar-refractivity contribution in [1.82, 2.24) is 4.98 Å². The second-order valence-electron chi connectivity index (χ2n) is 3.35. The maximum atomic E-state index is 10.4. The van der Waals surface area contributed by atoms with E-state index in [1.54, 1.807) is 22.7 Å². The molecule has 84 valence electrons. The molecule has 0 unspecified atom stereocenters. The van der Waals surface area contributed by atoms with Crippen LogP contribution in [0.1, 0.15) is 17.8 Å². The number of aryl methyl sites for hydroxylation is 1. The molecule has 3 nitrogen and oxygen atoms in total. The molecule has 0 amide bonds. The van der Waals surface area contributed by atoms with Crippen molar-refractivity contribution in [2.45, 2.75) is 19.3 Å². The summed E-state index contributed by atoms with van der Waals surface area (Å²) in [5.74, 6) is -0.741. The molecule has 0 atom stereocenters. The summed E-state index contributed by atoms with van der Waals surface area (Å²) in [7, 11) is 0. The number of thiazole rings is 1. The van der Waals surface area contributed by atoms with E-state index in [1.165, 1.54) is 4.88 Å². The Balaban J connectivity index is 1.95. The molecule has 0 saturated carbocycles. The Morgan fingerprint density at radius 3 is 3.00 bits per heavy atom. The summed E-state index contributed by atoms with van der Waals surface area (Å²) in [5, 5.41) is 13.6. The molecular formula is C11H11NO2S2. The first-order valence-corrected chi connectivity index (χ1v) is 6.72. The quantitative estimate of drug-likeness (QED) is 0.889. The molecule has 2 heterocycles. The van der Waals surface area contributed by atoms with Gasteiger partial charge in [0, 0.05) is 11.8 Å². The van der Waals surface area contributed by atoms with Crippen molar-refractivity contribution in [1.29, 1.82) is 0 Å². The zero-order valence-corrected chi connectivity index (χ0v) is 10.2.